The average Bonchev–Trinajstić information content (AvgIpc) is 2.85. The highest BCUT2D eigenvalue weighted by Crippen LogP contribution is 2.12. The van der Waals surface area contributed by atoms with E-state index in [1.165, 1.54) is 0 Å². The Labute approximate surface area is 134 Å². The molecule has 2 aromatic rings. The molecule has 1 aliphatic heterocycles. The van der Waals surface area contributed by atoms with Crippen LogP contribution in [0.5, 0.6) is 0 Å². The molecule has 0 bridgehead atoms. The minimum atomic E-state index is -0.108. The van der Waals surface area contributed by atoms with Crippen molar-refractivity contribution in [1.29, 1.82) is 0 Å². The lowest BCUT2D eigenvalue weighted by Gasteiger charge is -2.22. The number of aryl methyl sites for hydroxylation is 1. The van der Waals surface area contributed by atoms with E-state index in [-0.39, 0.29) is 12.6 Å². The molecule has 8 heteroatoms. The molecule has 23 heavy (non-hydrogen) atoms. The van der Waals surface area contributed by atoms with Crippen molar-refractivity contribution in [3.05, 3.63) is 36.1 Å². The summed E-state index contributed by atoms with van der Waals surface area (Å²) < 4.78 is 4.99. The van der Waals surface area contributed by atoms with Gasteiger partial charge in [0.05, 0.1) is 6.54 Å². The van der Waals surface area contributed by atoms with Crippen LogP contribution in [0.15, 0.2) is 28.9 Å². The maximum absolute atomic E-state index is 12.3. The zero-order valence-electron chi connectivity index (χ0n) is 13.1. The molecule has 122 valence electrons. The highest BCUT2D eigenvalue weighted by molar-refractivity contribution is 5.74. The molecule has 3 heterocycles. The van der Waals surface area contributed by atoms with Gasteiger partial charge < -0.3 is 19.6 Å². The smallest absolute Gasteiger partial charge is 0.317 e. The zero-order valence-corrected chi connectivity index (χ0v) is 13.1. The van der Waals surface area contributed by atoms with Crippen molar-refractivity contribution in [3.8, 4) is 0 Å². The SMILES string of the molecule is Cc1noc(CNC(=O)N2CCCN(c3ccccn3)CC2)n1. The second-order valence-corrected chi connectivity index (χ2v) is 5.41. The third-order valence-corrected chi connectivity index (χ3v) is 3.72. The molecule has 1 aliphatic rings. The molecule has 8 nitrogen and oxygen atoms in total. The van der Waals surface area contributed by atoms with Crippen LogP contribution in [0.4, 0.5) is 10.6 Å². The largest absolute Gasteiger partial charge is 0.355 e. The fourth-order valence-corrected chi connectivity index (χ4v) is 2.57. The molecule has 0 radical (unpaired) electrons. The molecular formula is C15H20N6O2. The Morgan fingerprint density at radius 1 is 1.30 bits per heavy atom. The number of hydrogen-bond acceptors (Lipinski definition) is 6. The first-order chi connectivity index (χ1) is 11.2. The third kappa shape index (κ3) is 3.97. The van der Waals surface area contributed by atoms with Crippen molar-refractivity contribution in [2.75, 3.05) is 31.1 Å². The van der Waals surface area contributed by atoms with E-state index in [0.717, 1.165) is 31.9 Å². The van der Waals surface area contributed by atoms with Gasteiger partial charge >= 0.3 is 6.03 Å². The molecular weight excluding hydrogens is 296 g/mol. The summed E-state index contributed by atoms with van der Waals surface area (Å²) in [5.41, 5.74) is 0. The van der Waals surface area contributed by atoms with Crippen molar-refractivity contribution in [1.82, 2.24) is 25.3 Å². The first-order valence-electron chi connectivity index (χ1n) is 7.70. The van der Waals surface area contributed by atoms with Gasteiger partial charge in [0, 0.05) is 32.4 Å². The maximum atomic E-state index is 12.3. The molecule has 2 amide bonds. The molecule has 0 aromatic carbocycles. The van der Waals surface area contributed by atoms with Gasteiger partial charge in [-0.15, -0.1) is 0 Å². The lowest BCUT2D eigenvalue weighted by atomic mass is 10.3. The number of nitrogens with zero attached hydrogens (tertiary/aromatic N) is 5. The van der Waals surface area contributed by atoms with E-state index in [1.54, 1.807) is 13.1 Å². The summed E-state index contributed by atoms with van der Waals surface area (Å²) in [5, 5.41) is 6.52. The summed E-state index contributed by atoms with van der Waals surface area (Å²) in [5.74, 6) is 1.94. The van der Waals surface area contributed by atoms with E-state index in [9.17, 15) is 4.79 Å². The highest BCUT2D eigenvalue weighted by Gasteiger charge is 2.20. The van der Waals surface area contributed by atoms with Crippen LogP contribution in [0.1, 0.15) is 18.1 Å². The molecule has 0 unspecified atom stereocenters. The number of carbonyl (C=O) groups excluding carboxylic acids is 1. The van der Waals surface area contributed by atoms with Gasteiger partial charge in [0.2, 0.25) is 5.89 Å². The van der Waals surface area contributed by atoms with Gasteiger partial charge in [0.1, 0.15) is 5.82 Å². The number of urea groups is 1. The van der Waals surface area contributed by atoms with E-state index < -0.39 is 0 Å². The average molecular weight is 316 g/mol. The summed E-state index contributed by atoms with van der Waals surface area (Å²) in [6.45, 7) is 5.03. The van der Waals surface area contributed by atoms with Crippen molar-refractivity contribution in [2.45, 2.75) is 19.9 Å². The van der Waals surface area contributed by atoms with E-state index >= 15 is 0 Å². The summed E-state index contributed by atoms with van der Waals surface area (Å²) >= 11 is 0. The lowest BCUT2D eigenvalue weighted by molar-refractivity contribution is 0.199. The minimum absolute atomic E-state index is 0.108. The van der Waals surface area contributed by atoms with Gasteiger partial charge in [-0.2, -0.15) is 4.98 Å². The molecule has 2 aromatic heterocycles. The van der Waals surface area contributed by atoms with Gasteiger partial charge in [-0.3, -0.25) is 0 Å². The van der Waals surface area contributed by atoms with Gasteiger partial charge in [-0.1, -0.05) is 11.2 Å². The predicted octanol–water partition coefficient (Wildman–Crippen LogP) is 1.19. The summed E-state index contributed by atoms with van der Waals surface area (Å²) in [7, 11) is 0. The molecule has 0 spiro atoms. The fraction of sp³-hybridized carbons (Fsp3) is 0.467. The quantitative estimate of drug-likeness (QED) is 0.915. The Morgan fingerprint density at radius 3 is 2.96 bits per heavy atom. The summed E-state index contributed by atoms with van der Waals surface area (Å²) in [6.07, 6.45) is 2.70. The number of pyridine rings is 1. The first kappa shape index (κ1) is 15.3. The Kier molecular flexibility index (Phi) is 4.70. The fourth-order valence-electron chi connectivity index (χ4n) is 2.57. The Bertz CT molecular complexity index is 644. The number of nitrogens with one attached hydrogen (secondary N) is 1. The summed E-state index contributed by atoms with van der Waals surface area (Å²) in [6, 6.07) is 5.77. The van der Waals surface area contributed by atoms with Gasteiger partial charge in [-0.25, -0.2) is 9.78 Å². The second-order valence-electron chi connectivity index (χ2n) is 5.41. The van der Waals surface area contributed by atoms with Gasteiger partial charge in [-0.05, 0) is 25.5 Å². The minimum Gasteiger partial charge on any atom is -0.355 e. The van der Waals surface area contributed by atoms with Crippen molar-refractivity contribution >= 4 is 11.8 Å². The Morgan fingerprint density at radius 2 is 2.22 bits per heavy atom. The van der Waals surface area contributed by atoms with Crippen molar-refractivity contribution in [2.24, 2.45) is 0 Å². The van der Waals surface area contributed by atoms with Crippen LogP contribution in [0.2, 0.25) is 0 Å². The topological polar surface area (TPSA) is 87.4 Å². The second kappa shape index (κ2) is 7.08. The maximum Gasteiger partial charge on any atom is 0.317 e. The normalized spacial score (nSPS) is 15.3. The monoisotopic (exact) mass is 316 g/mol. The Hall–Kier alpha value is -2.64. The number of hydrogen-bond donors (Lipinski definition) is 1. The molecule has 3 rings (SSSR count). The number of carbonyl (C=O) groups is 1. The third-order valence-electron chi connectivity index (χ3n) is 3.72. The molecule has 1 N–H and O–H groups in total. The highest BCUT2D eigenvalue weighted by atomic mass is 16.5. The molecule has 0 aliphatic carbocycles. The van der Waals surface area contributed by atoms with E-state index in [0.29, 0.717) is 18.3 Å². The lowest BCUT2D eigenvalue weighted by Crippen LogP contribution is -2.41. The van der Waals surface area contributed by atoms with Crippen LogP contribution >= 0.6 is 0 Å². The number of anilines is 1. The standard InChI is InChI=1S/C15H20N6O2/c1-12-18-14(23-19-12)11-17-15(22)21-8-4-7-20(9-10-21)13-5-2-3-6-16-13/h2-3,5-6H,4,7-11H2,1H3,(H,17,22). The van der Waals surface area contributed by atoms with E-state index in [4.69, 9.17) is 4.52 Å². The zero-order chi connectivity index (χ0) is 16.1. The van der Waals surface area contributed by atoms with Crippen molar-refractivity contribution < 1.29 is 9.32 Å². The molecule has 0 atom stereocenters. The summed E-state index contributed by atoms with van der Waals surface area (Å²) in [4.78, 5) is 24.7. The predicted molar refractivity (Wildman–Crippen MR) is 83.9 cm³/mol. The van der Waals surface area contributed by atoms with Crippen LogP contribution in [-0.4, -0.2) is 52.2 Å². The van der Waals surface area contributed by atoms with Crippen LogP contribution in [0, 0.1) is 6.92 Å². The number of amides is 2. The Balaban J connectivity index is 1.52. The van der Waals surface area contributed by atoms with Crippen LogP contribution in [-0.2, 0) is 6.54 Å². The van der Waals surface area contributed by atoms with Crippen LogP contribution < -0.4 is 10.2 Å². The molecule has 0 saturated carbocycles. The molecule has 1 saturated heterocycles. The van der Waals surface area contributed by atoms with Crippen LogP contribution in [0.25, 0.3) is 0 Å². The number of rotatable bonds is 3. The molecule has 1 fully saturated rings. The first-order valence-corrected chi connectivity index (χ1v) is 7.70. The van der Waals surface area contributed by atoms with Crippen LogP contribution in [0.3, 0.4) is 0 Å². The number of aromatic nitrogens is 3. The van der Waals surface area contributed by atoms with Gasteiger partial charge in [0.25, 0.3) is 0 Å². The van der Waals surface area contributed by atoms with Crippen molar-refractivity contribution in [3.63, 3.8) is 0 Å². The van der Waals surface area contributed by atoms with E-state index in [1.807, 2.05) is 23.1 Å². The van der Waals surface area contributed by atoms with Gasteiger partial charge in [0.15, 0.2) is 5.82 Å². The van der Waals surface area contributed by atoms with E-state index in [2.05, 4.69) is 25.3 Å².